The summed E-state index contributed by atoms with van der Waals surface area (Å²) < 4.78 is 5.58. The summed E-state index contributed by atoms with van der Waals surface area (Å²) in [5.41, 5.74) is 2.49. The van der Waals surface area contributed by atoms with Crippen molar-refractivity contribution in [2.24, 2.45) is 5.92 Å². The zero-order chi connectivity index (χ0) is 12.5. The molecule has 0 atom stereocenters. The van der Waals surface area contributed by atoms with Crippen LogP contribution in [0.5, 0.6) is 0 Å². The third-order valence-corrected chi connectivity index (χ3v) is 2.78. The lowest BCUT2D eigenvalue weighted by molar-refractivity contribution is 0.137. The van der Waals surface area contributed by atoms with Crippen molar-refractivity contribution in [3.63, 3.8) is 0 Å². The fourth-order valence-corrected chi connectivity index (χ4v) is 1.72. The van der Waals surface area contributed by atoms with Crippen LogP contribution in [0, 0.1) is 12.8 Å². The molecule has 0 aliphatic rings. The van der Waals surface area contributed by atoms with Crippen molar-refractivity contribution in [2.75, 3.05) is 25.1 Å². The molecule has 0 aliphatic heterocycles. The van der Waals surface area contributed by atoms with Gasteiger partial charge in [-0.25, -0.2) is 0 Å². The maximum absolute atomic E-state index is 5.58. The van der Waals surface area contributed by atoms with E-state index in [1.807, 2.05) is 0 Å². The molecule has 17 heavy (non-hydrogen) atoms. The minimum atomic E-state index is 0.781. The maximum atomic E-state index is 5.58. The molecule has 2 nitrogen and oxygen atoms in total. The SMILES string of the molecule is Cc1ccccc1NCCOCCCC(C)C. The minimum absolute atomic E-state index is 0.781. The molecule has 0 aromatic heterocycles. The van der Waals surface area contributed by atoms with Crippen molar-refractivity contribution in [1.29, 1.82) is 0 Å². The molecule has 0 bridgehead atoms. The molecule has 0 saturated carbocycles. The highest BCUT2D eigenvalue weighted by molar-refractivity contribution is 5.50. The van der Waals surface area contributed by atoms with E-state index in [1.165, 1.54) is 24.1 Å². The maximum Gasteiger partial charge on any atom is 0.0639 e. The van der Waals surface area contributed by atoms with Crippen molar-refractivity contribution >= 4 is 5.69 Å². The second-order valence-electron chi connectivity index (χ2n) is 4.89. The zero-order valence-corrected chi connectivity index (χ0v) is 11.3. The Labute approximate surface area is 105 Å². The molecule has 0 fully saturated rings. The van der Waals surface area contributed by atoms with Crippen LogP contribution in [0.4, 0.5) is 5.69 Å². The Hall–Kier alpha value is -1.02. The van der Waals surface area contributed by atoms with Crippen LogP contribution in [0.3, 0.4) is 0 Å². The number of para-hydroxylation sites is 1. The van der Waals surface area contributed by atoms with E-state index in [0.717, 1.165) is 25.7 Å². The highest BCUT2D eigenvalue weighted by Gasteiger charge is 1.96. The number of nitrogens with one attached hydrogen (secondary N) is 1. The Bertz CT molecular complexity index is 310. The Morgan fingerprint density at radius 2 is 1.94 bits per heavy atom. The second-order valence-corrected chi connectivity index (χ2v) is 4.89. The first kappa shape index (κ1) is 14.0. The van der Waals surface area contributed by atoms with Gasteiger partial charge in [-0.2, -0.15) is 0 Å². The second kappa shape index (κ2) is 8.13. The molecule has 1 aromatic rings. The molecule has 1 aromatic carbocycles. The van der Waals surface area contributed by atoms with Crippen LogP contribution in [0.2, 0.25) is 0 Å². The predicted molar refractivity (Wildman–Crippen MR) is 74.6 cm³/mol. The lowest BCUT2D eigenvalue weighted by Crippen LogP contribution is -2.10. The normalized spacial score (nSPS) is 10.8. The highest BCUT2D eigenvalue weighted by atomic mass is 16.5. The van der Waals surface area contributed by atoms with Gasteiger partial charge in [0, 0.05) is 18.8 Å². The van der Waals surface area contributed by atoms with Crippen LogP contribution in [0.1, 0.15) is 32.3 Å². The topological polar surface area (TPSA) is 21.3 Å². The van der Waals surface area contributed by atoms with Gasteiger partial charge in [0.1, 0.15) is 0 Å². The molecule has 0 radical (unpaired) electrons. The smallest absolute Gasteiger partial charge is 0.0639 e. The summed E-state index contributed by atoms with van der Waals surface area (Å²) in [6, 6.07) is 8.33. The summed E-state index contributed by atoms with van der Waals surface area (Å²) >= 11 is 0. The molecule has 2 heteroatoms. The van der Waals surface area contributed by atoms with E-state index < -0.39 is 0 Å². The van der Waals surface area contributed by atoms with Gasteiger partial charge in [-0.15, -0.1) is 0 Å². The fourth-order valence-electron chi connectivity index (χ4n) is 1.72. The standard InChI is InChI=1S/C15H25NO/c1-13(2)7-6-11-17-12-10-16-15-9-5-4-8-14(15)3/h4-5,8-9,13,16H,6-7,10-12H2,1-3H3. The van der Waals surface area contributed by atoms with E-state index in [4.69, 9.17) is 4.74 Å². The highest BCUT2D eigenvalue weighted by Crippen LogP contribution is 2.12. The fraction of sp³-hybridized carbons (Fsp3) is 0.600. The molecule has 0 amide bonds. The van der Waals surface area contributed by atoms with Crippen molar-refractivity contribution < 1.29 is 4.74 Å². The Kier molecular flexibility index (Phi) is 6.71. The molecule has 0 spiro atoms. The summed E-state index contributed by atoms with van der Waals surface area (Å²) in [5.74, 6) is 0.781. The number of hydrogen-bond acceptors (Lipinski definition) is 2. The van der Waals surface area contributed by atoms with Crippen LogP contribution in [-0.2, 0) is 4.74 Å². The van der Waals surface area contributed by atoms with Gasteiger partial charge in [0.25, 0.3) is 0 Å². The average Bonchev–Trinajstić information content (AvgIpc) is 2.30. The van der Waals surface area contributed by atoms with Crippen molar-refractivity contribution in [1.82, 2.24) is 0 Å². The predicted octanol–water partition coefficient (Wildman–Crippen LogP) is 3.86. The molecule has 1 N–H and O–H groups in total. The van der Waals surface area contributed by atoms with Crippen molar-refractivity contribution in [3.05, 3.63) is 29.8 Å². The number of aryl methyl sites for hydroxylation is 1. The van der Waals surface area contributed by atoms with E-state index in [0.29, 0.717) is 0 Å². The van der Waals surface area contributed by atoms with Gasteiger partial charge >= 0.3 is 0 Å². The molecular weight excluding hydrogens is 210 g/mol. The van der Waals surface area contributed by atoms with Crippen molar-refractivity contribution in [3.8, 4) is 0 Å². The molecule has 0 aliphatic carbocycles. The first-order valence-corrected chi connectivity index (χ1v) is 6.57. The number of rotatable bonds is 8. The van der Waals surface area contributed by atoms with Gasteiger partial charge < -0.3 is 10.1 Å². The van der Waals surface area contributed by atoms with E-state index in [2.05, 4.69) is 50.4 Å². The Balaban J connectivity index is 2.03. The first-order chi connectivity index (χ1) is 8.20. The summed E-state index contributed by atoms with van der Waals surface area (Å²) in [5, 5.41) is 3.39. The molecule has 0 saturated heterocycles. The molecule has 0 heterocycles. The lowest BCUT2D eigenvalue weighted by atomic mass is 10.1. The number of ether oxygens (including phenoxy) is 1. The molecule has 96 valence electrons. The van der Waals surface area contributed by atoms with Gasteiger partial charge in [-0.3, -0.25) is 0 Å². The minimum Gasteiger partial charge on any atom is -0.383 e. The third kappa shape index (κ3) is 6.32. The summed E-state index contributed by atoms with van der Waals surface area (Å²) in [6.45, 7) is 9.16. The number of anilines is 1. The van der Waals surface area contributed by atoms with Gasteiger partial charge in [0.15, 0.2) is 0 Å². The van der Waals surface area contributed by atoms with Crippen LogP contribution < -0.4 is 5.32 Å². The van der Waals surface area contributed by atoms with Gasteiger partial charge in [0.2, 0.25) is 0 Å². The molecule has 0 unspecified atom stereocenters. The number of benzene rings is 1. The van der Waals surface area contributed by atoms with E-state index in [-0.39, 0.29) is 0 Å². The Morgan fingerprint density at radius 1 is 1.18 bits per heavy atom. The van der Waals surface area contributed by atoms with Gasteiger partial charge in [-0.1, -0.05) is 32.0 Å². The van der Waals surface area contributed by atoms with E-state index in [9.17, 15) is 0 Å². The summed E-state index contributed by atoms with van der Waals surface area (Å²) in [7, 11) is 0. The van der Waals surface area contributed by atoms with Gasteiger partial charge in [-0.05, 0) is 37.3 Å². The van der Waals surface area contributed by atoms with E-state index >= 15 is 0 Å². The van der Waals surface area contributed by atoms with Crippen molar-refractivity contribution in [2.45, 2.75) is 33.6 Å². The monoisotopic (exact) mass is 235 g/mol. The molecule has 1 rings (SSSR count). The summed E-state index contributed by atoms with van der Waals surface area (Å²) in [6.07, 6.45) is 2.42. The van der Waals surface area contributed by atoms with E-state index in [1.54, 1.807) is 0 Å². The average molecular weight is 235 g/mol. The quantitative estimate of drug-likeness (QED) is 0.691. The zero-order valence-electron chi connectivity index (χ0n) is 11.3. The molecular formula is C15H25NO. The van der Waals surface area contributed by atoms with Crippen LogP contribution in [0.25, 0.3) is 0 Å². The first-order valence-electron chi connectivity index (χ1n) is 6.57. The lowest BCUT2D eigenvalue weighted by Gasteiger charge is -2.10. The Morgan fingerprint density at radius 3 is 2.65 bits per heavy atom. The summed E-state index contributed by atoms with van der Waals surface area (Å²) in [4.78, 5) is 0. The third-order valence-electron chi connectivity index (χ3n) is 2.78. The van der Waals surface area contributed by atoms with Gasteiger partial charge in [0.05, 0.1) is 6.61 Å². The largest absolute Gasteiger partial charge is 0.383 e. The van der Waals surface area contributed by atoms with Crippen LogP contribution in [-0.4, -0.2) is 19.8 Å². The van der Waals surface area contributed by atoms with Crippen LogP contribution in [0.15, 0.2) is 24.3 Å². The number of hydrogen-bond donors (Lipinski definition) is 1. The van der Waals surface area contributed by atoms with Crippen LogP contribution >= 0.6 is 0 Å².